The number of thiocarbonyl (C=S) groups is 1. The van der Waals surface area contributed by atoms with Crippen LogP contribution in [0.2, 0.25) is 0 Å². The molecule has 4 rings (SSSR count). The van der Waals surface area contributed by atoms with E-state index in [-0.39, 0.29) is 18.1 Å². The van der Waals surface area contributed by atoms with Gasteiger partial charge in [0.1, 0.15) is 0 Å². The van der Waals surface area contributed by atoms with E-state index in [0.717, 1.165) is 29.8 Å². The predicted molar refractivity (Wildman–Crippen MR) is 131 cm³/mol. The highest BCUT2D eigenvalue weighted by atomic mass is 32.1. The molecule has 1 saturated heterocycles. The summed E-state index contributed by atoms with van der Waals surface area (Å²) in [6, 6.07) is 30.6. The third kappa shape index (κ3) is 5.37. The van der Waals surface area contributed by atoms with E-state index in [1.807, 2.05) is 42.5 Å². The Kier molecular flexibility index (Phi) is 7.07. The van der Waals surface area contributed by atoms with Crippen molar-refractivity contribution in [3.63, 3.8) is 0 Å². The van der Waals surface area contributed by atoms with Gasteiger partial charge in [-0.1, -0.05) is 85.8 Å². The summed E-state index contributed by atoms with van der Waals surface area (Å²) in [6.45, 7) is 2.18. The molecule has 3 aromatic rings. The lowest BCUT2D eigenvalue weighted by Crippen LogP contribution is -2.35. The van der Waals surface area contributed by atoms with Crippen molar-refractivity contribution in [1.82, 2.24) is 5.43 Å². The molecule has 1 aliphatic heterocycles. The van der Waals surface area contributed by atoms with Crippen LogP contribution in [0, 0.1) is 5.92 Å². The number of hydrogen-bond donors (Lipinski definition) is 2. The van der Waals surface area contributed by atoms with Crippen LogP contribution >= 0.6 is 12.2 Å². The normalized spacial score (nSPS) is 22.1. The van der Waals surface area contributed by atoms with Gasteiger partial charge in [-0.15, -0.1) is 0 Å². The van der Waals surface area contributed by atoms with E-state index in [9.17, 15) is 0 Å². The standard InChI is InChI=1S/C26H27N3OS/c1-2-22-23(28-29-26(31)27-21-16-10-5-11-17-21)18-24(19-12-6-3-7-13-19)30-25(22)20-14-8-4-9-15-20/h3-17,22,24-25H,2,18H2,1H3,(H2,27,29,31)/b28-23-. The van der Waals surface area contributed by atoms with Gasteiger partial charge in [-0.3, -0.25) is 5.43 Å². The molecule has 0 amide bonds. The Bertz CT molecular complexity index is 1010. The van der Waals surface area contributed by atoms with Gasteiger partial charge in [0.05, 0.1) is 12.2 Å². The Morgan fingerprint density at radius 1 is 0.903 bits per heavy atom. The fraction of sp³-hybridized carbons (Fsp3) is 0.231. The molecular weight excluding hydrogens is 402 g/mol. The fourth-order valence-electron chi connectivity index (χ4n) is 4.04. The zero-order chi connectivity index (χ0) is 21.5. The van der Waals surface area contributed by atoms with E-state index in [4.69, 9.17) is 22.1 Å². The van der Waals surface area contributed by atoms with E-state index in [1.54, 1.807) is 0 Å². The maximum absolute atomic E-state index is 6.64. The van der Waals surface area contributed by atoms with Crippen LogP contribution in [0.25, 0.3) is 0 Å². The molecule has 1 aliphatic rings. The SMILES string of the molecule is CCC1/C(=N\NC(=S)Nc2ccccc2)CC(c2ccccc2)OC1c1ccccc1. The second kappa shape index (κ2) is 10.3. The van der Waals surface area contributed by atoms with E-state index >= 15 is 0 Å². The quantitative estimate of drug-likeness (QED) is 0.371. The molecule has 0 spiro atoms. The Balaban J connectivity index is 1.58. The number of rotatable bonds is 5. The van der Waals surface area contributed by atoms with Gasteiger partial charge < -0.3 is 10.1 Å². The largest absolute Gasteiger partial charge is 0.365 e. The number of nitrogens with zero attached hydrogens (tertiary/aromatic N) is 1. The summed E-state index contributed by atoms with van der Waals surface area (Å²) in [6.07, 6.45) is 1.56. The highest BCUT2D eigenvalue weighted by Gasteiger charge is 2.36. The maximum atomic E-state index is 6.64. The molecule has 1 fully saturated rings. The van der Waals surface area contributed by atoms with Crippen LogP contribution < -0.4 is 10.7 Å². The van der Waals surface area contributed by atoms with Crippen molar-refractivity contribution in [2.24, 2.45) is 11.0 Å². The zero-order valence-corrected chi connectivity index (χ0v) is 18.4. The maximum Gasteiger partial charge on any atom is 0.191 e. The second-order valence-electron chi connectivity index (χ2n) is 7.62. The first-order valence-corrected chi connectivity index (χ1v) is 11.1. The van der Waals surface area contributed by atoms with Crippen LogP contribution in [0.15, 0.2) is 96.1 Å². The van der Waals surface area contributed by atoms with Crippen LogP contribution in [-0.2, 0) is 4.74 Å². The summed E-state index contributed by atoms with van der Waals surface area (Å²) in [5.41, 5.74) is 7.41. The molecule has 3 aromatic carbocycles. The molecule has 31 heavy (non-hydrogen) atoms. The lowest BCUT2D eigenvalue weighted by atomic mass is 9.83. The van der Waals surface area contributed by atoms with Gasteiger partial charge in [0.2, 0.25) is 0 Å². The summed E-state index contributed by atoms with van der Waals surface area (Å²) in [5, 5.41) is 8.43. The molecular formula is C26H27N3OS. The molecule has 0 aromatic heterocycles. The molecule has 3 atom stereocenters. The Morgan fingerprint density at radius 3 is 2.10 bits per heavy atom. The monoisotopic (exact) mass is 429 g/mol. The van der Waals surface area contributed by atoms with Crippen LogP contribution in [-0.4, -0.2) is 10.8 Å². The molecule has 2 N–H and O–H groups in total. The molecule has 3 unspecified atom stereocenters. The van der Waals surface area contributed by atoms with Crippen LogP contribution in [0.3, 0.4) is 0 Å². The van der Waals surface area contributed by atoms with E-state index in [1.165, 1.54) is 5.56 Å². The van der Waals surface area contributed by atoms with Gasteiger partial charge in [0.15, 0.2) is 5.11 Å². The first-order valence-electron chi connectivity index (χ1n) is 10.7. The van der Waals surface area contributed by atoms with Gasteiger partial charge in [0.25, 0.3) is 0 Å². The first-order chi connectivity index (χ1) is 15.2. The second-order valence-corrected chi connectivity index (χ2v) is 8.03. The number of hydrazone groups is 1. The zero-order valence-electron chi connectivity index (χ0n) is 17.6. The number of hydrogen-bond acceptors (Lipinski definition) is 3. The predicted octanol–water partition coefficient (Wildman–Crippen LogP) is 6.26. The van der Waals surface area contributed by atoms with E-state index in [0.29, 0.717) is 5.11 Å². The molecule has 0 aliphatic carbocycles. The minimum Gasteiger partial charge on any atom is -0.365 e. The summed E-state index contributed by atoms with van der Waals surface area (Å²) in [5.74, 6) is 0.175. The first kappa shape index (κ1) is 21.2. The Morgan fingerprint density at radius 2 is 1.48 bits per heavy atom. The van der Waals surface area contributed by atoms with Crippen molar-refractivity contribution < 1.29 is 4.74 Å². The number of nitrogens with one attached hydrogen (secondary N) is 2. The Labute approximate surface area is 189 Å². The molecule has 4 nitrogen and oxygen atoms in total. The average Bonchev–Trinajstić information content (AvgIpc) is 2.84. The van der Waals surface area contributed by atoms with E-state index in [2.05, 4.69) is 66.2 Å². The number of para-hydroxylation sites is 1. The number of benzene rings is 3. The minimum atomic E-state index is -0.0543. The molecule has 158 valence electrons. The highest BCUT2D eigenvalue weighted by molar-refractivity contribution is 7.80. The van der Waals surface area contributed by atoms with Crippen LogP contribution in [0.5, 0.6) is 0 Å². The van der Waals surface area contributed by atoms with Gasteiger partial charge in [-0.25, -0.2) is 0 Å². The van der Waals surface area contributed by atoms with Crippen LogP contribution in [0.1, 0.15) is 43.1 Å². The summed E-state index contributed by atoms with van der Waals surface area (Å²) >= 11 is 5.46. The number of ether oxygens (including phenoxy) is 1. The molecule has 0 radical (unpaired) electrons. The molecule has 0 bridgehead atoms. The lowest BCUT2D eigenvalue weighted by molar-refractivity contribution is -0.0471. The van der Waals surface area contributed by atoms with Crippen LogP contribution in [0.4, 0.5) is 5.69 Å². The molecule has 5 heteroatoms. The third-order valence-electron chi connectivity index (χ3n) is 5.57. The van der Waals surface area contributed by atoms with Crippen molar-refractivity contribution in [3.05, 3.63) is 102 Å². The lowest BCUT2D eigenvalue weighted by Gasteiger charge is -2.38. The Hall–Kier alpha value is -3.02. The average molecular weight is 430 g/mol. The highest BCUT2D eigenvalue weighted by Crippen LogP contribution is 2.42. The van der Waals surface area contributed by atoms with Crippen molar-refractivity contribution in [3.8, 4) is 0 Å². The van der Waals surface area contributed by atoms with Crippen molar-refractivity contribution in [2.75, 3.05) is 5.32 Å². The summed E-state index contributed by atoms with van der Waals surface area (Å²) in [4.78, 5) is 0. The van der Waals surface area contributed by atoms with Gasteiger partial charge >= 0.3 is 0 Å². The summed E-state index contributed by atoms with van der Waals surface area (Å²) in [7, 11) is 0. The topological polar surface area (TPSA) is 45.7 Å². The van der Waals surface area contributed by atoms with Crippen molar-refractivity contribution in [1.29, 1.82) is 0 Å². The van der Waals surface area contributed by atoms with Gasteiger partial charge in [-0.05, 0) is 41.9 Å². The molecule has 0 saturated carbocycles. The van der Waals surface area contributed by atoms with Gasteiger partial charge in [-0.2, -0.15) is 5.10 Å². The van der Waals surface area contributed by atoms with Crippen molar-refractivity contribution in [2.45, 2.75) is 32.0 Å². The minimum absolute atomic E-state index is 0.0505. The smallest absolute Gasteiger partial charge is 0.191 e. The molecule has 1 heterocycles. The number of anilines is 1. The fourth-order valence-corrected chi connectivity index (χ4v) is 4.20. The van der Waals surface area contributed by atoms with Gasteiger partial charge in [0, 0.05) is 23.7 Å². The summed E-state index contributed by atoms with van der Waals surface area (Å²) < 4.78 is 6.64. The van der Waals surface area contributed by atoms with Crippen molar-refractivity contribution >= 4 is 28.7 Å². The third-order valence-corrected chi connectivity index (χ3v) is 5.76. The van der Waals surface area contributed by atoms with E-state index < -0.39 is 0 Å².